The van der Waals surface area contributed by atoms with E-state index >= 15 is 0 Å². The van der Waals surface area contributed by atoms with E-state index in [1.165, 1.54) is 6.07 Å². The third-order valence-electron chi connectivity index (χ3n) is 2.80. The number of nitro groups is 1. The first-order valence-corrected chi connectivity index (χ1v) is 6.50. The number of halogens is 3. The van der Waals surface area contributed by atoms with Crippen LogP contribution in [-0.4, -0.2) is 21.6 Å². The van der Waals surface area contributed by atoms with Gasteiger partial charge in [-0.2, -0.15) is 18.3 Å². The lowest BCUT2D eigenvalue weighted by Gasteiger charge is -2.09. The SMILES string of the molecule is O=C(Cn1cc(C(F)(F)F)ccc1=O)N/N=C\c1ccc([N+](=O)[O-])o1. The number of hydrogen-bond acceptors (Lipinski definition) is 6. The van der Waals surface area contributed by atoms with Gasteiger partial charge in [0, 0.05) is 12.3 Å². The molecule has 132 valence electrons. The van der Waals surface area contributed by atoms with Gasteiger partial charge in [-0.3, -0.25) is 19.7 Å². The Labute approximate surface area is 136 Å². The van der Waals surface area contributed by atoms with Crippen LogP contribution in [0.25, 0.3) is 0 Å². The van der Waals surface area contributed by atoms with Crippen molar-refractivity contribution < 1.29 is 27.3 Å². The van der Waals surface area contributed by atoms with Gasteiger partial charge in [0.1, 0.15) is 11.5 Å². The molecule has 0 saturated heterocycles. The summed E-state index contributed by atoms with van der Waals surface area (Å²) in [6, 6.07) is 3.61. The Morgan fingerprint density at radius 1 is 1.36 bits per heavy atom. The summed E-state index contributed by atoms with van der Waals surface area (Å²) in [7, 11) is 0. The van der Waals surface area contributed by atoms with E-state index in [0.29, 0.717) is 22.9 Å². The second-order valence-corrected chi connectivity index (χ2v) is 4.61. The molecule has 2 rings (SSSR count). The van der Waals surface area contributed by atoms with E-state index in [9.17, 15) is 32.9 Å². The van der Waals surface area contributed by atoms with Crippen molar-refractivity contribution in [3.8, 4) is 0 Å². The summed E-state index contributed by atoms with van der Waals surface area (Å²) in [4.78, 5) is 32.8. The predicted octanol–water partition coefficient (Wildman–Crippen LogP) is 1.52. The zero-order valence-corrected chi connectivity index (χ0v) is 12.2. The first-order chi connectivity index (χ1) is 11.7. The van der Waals surface area contributed by atoms with Crippen molar-refractivity contribution in [1.29, 1.82) is 0 Å². The van der Waals surface area contributed by atoms with Crippen LogP contribution < -0.4 is 11.0 Å². The Bertz CT molecular complexity index is 884. The molecular formula is C13H9F3N4O5. The molecule has 2 heterocycles. The second kappa shape index (κ2) is 6.98. The number of nitrogens with zero attached hydrogens (tertiary/aromatic N) is 3. The maximum Gasteiger partial charge on any atom is 0.433 e. The number of carbonyl (C=O) groups excluding carboxylic acids is 1. The van der Waals surface area contributed by atoms with Crippen LogP contribution in [0, 0.1) is 10.1 Å². The lowest BCUT2D eigenvalue weighted by atomic mass is 10.3. The van der Waals surface area contributed by atoms with Gasteiger partial charge >= 0.3 is 12.1 Å². The van der Waals surface area contributed by atoms with E-state index in [4.69, 9.17) is 4.42 Å². The number of furan rings is 1. The molecule has 2 aromatic heterocycles. The number of rotatable bonds is 5. The Morgan fingerprint density at radius 3 is 2.68 bits per heavy atom. The summed E-state index contributed by atoms with van der Waals surface area (Å²) >= 11 is 0. The van der Waals surface area contributed by atoms with Crippen LogP contribution in [0.1, 0.15) is 11.3 Å². The fraction of sp³-hybridized carbons (Fsp3) is 0.154. The third kappa shape index (κ3) is 4.76. The zero-order chi connectivity index (χ0) is 18.6. The molecule has 0 aliphatic heterocycles. The molecule has 1 amide bonds. The second-order valence-electron chi connectivity index (χ2n) is 4.61. The predicted molar refractivity (Wildman–Crippen MR) is 76.8 cm³/mol. The van der Waals surface area contributed by atoms with Crippen LogP contribution in [-0.2, 0) is 17.5 Å². The lowest BCUT2D eigenvalue weighted by molar-refractivity contribution is -0.402. The summed E-state index contributed by atoms with van der Waals surface area (Å²) in [5.74, 6) is -1.43. The van der Waals surface area contributed by atoms with Crippen LogP contribution in [0.15, 0.2) is 44.8 Å². The van der Waals surface area contributed by atoms with E-state index < -0.39 is 40.6 Å². The smallest absolute Gasteiger partial charge is 0.400 e. The maximum atomic E-state index is 12.6. The van der Waals surface area contributed by atoms with Gasteiger partial charge in [-0.15, -0.1) is 0 Å². The van der Waals surface area contributed by atoms with Crippen molar-refractivity contribution in [2.45, 2.75) is 12.7 Å². The van der Waals surface area contributed by atoms with Crippen molar-refractivity contribution in [2.75, 3.05) is 0 Å². The minimum Gasteiger partial charge on any atom is -0.400 e. The standard InChI is InChI=1S/C13H9F3N4O5/c14-13(15,16)8-1-3-11(22)19(6-8)7-10(21)18-17-5-9-2-4-12(25-9)20(23)24/h1-6H,7H2,(H,18,21)/b17-5-. The first kappa shape index (κ1) is 17.9. The molecule has 0 saturated carbocycles. The minimum atomic E-state index is -4.65. The molecule has 0 fully saturated rings. The van der Waals surface area contributed by atoms with Crippen LogP contribution in [0.3, 0.4) is 0 Å². The molecule has 25 heavy (non-hydrogen) atoms. The highest BCUT2D eigenvalue weighted by Crippen LogP contribution is 2.27. The van der Waals surface area contributed by atoms with E-state index in [1.807, 2.05) is 5.43 Å². The van der Waals surface area contributed by atoms with Crippen molar-refractivity contribution in [3.63, 3.8) is 0 Å². The largest absolute Gasteiger partial charge is 0.433 e. The molecule has 0 radical (unpaired) electrons. The molecule has 12 heteroatoms. The van der Waals surface area contributed by atoms with Crippen LogP contribution in [0.2, 0.25) is 0 Å². The zero-order valence-electron chi connectivity index (χ0n) is 12.2. The highest BCUT2D eigenvalue weighted by atomic mass is 19.4. The van der Waals surface area contributed by atoms with Gasteiger partial charge in [0.15, 0.2) is 5.76 Å². The number of amides is 1. The van der Waals surface area contributed by atoms with Crippen molar-refractivity contribution in [2.24, 2.45) is 5.10 Å². The number of carbonyl (C=O) groups is 1. The quantitative estimate of drug-likeness (QED) is 0.494. The molecule has 0 spiro atoms. The molecule has 0 aromatic carbocycles. The molecule has 0 atom stereocenters. The van der Waals surface area contributed by atoms with Gasteiger partial charge < -0.3 is 8.98 Å². The molecule has 9 nitrogen and oxygen atoms in total. The molecule has 0 aliphatic rings. The van der Waals surface area contributed by atoms with Crippen LogP contribution in [0.4, 0.5) is 19.1 Å². The number of aromatic nitrogens is 1. The molecule has 0 unspecified atom stereocenters. The van der Waals surface area contributed by atoms with Crippen LogP contribution in [0.5, 0.6) is 0 Å². The highest BCUT2D eigenvalue weighted by molar-refractivity contribution is 5.80. The molecule has 1 N–H and O–H groups in total. The molecular weight excluding hydrogens is 349 g/mol. The number of hydrazone groups is 1. The number of alkyl halides is 3. The van der Waals surface area contributed by atoms with Crippen molar-refractivity contribution in [1.82, 2.24) is 9.99 Å². The molecule has 2 aromatic rings. The van der Waals surface area contributed by atoms with Crippen molar-refractivity contribution in [3.05, 3.63) is 62.3 Å². The Balaban J connectivity index is 2.01. The van der Waals surface area contributed by atoms with E-state index in [0.717, 1.165) is 12.3 Å². The fourth-order valence-electron chi connectivity index (χ4n) is 1.69. The normalized spacial score (nSPS) is 11.6. The summed E-state index contributed by atoms with van der Waals surface area (Å²) in [6.45, 7) is -0.696. The molecule has 0 bridgehead atoms. The van der Waals surface area contributed by atoms with Gasteiger partial charge in [-0.25, -0.2) is 5.43 Å². The summed E-state index contributed by atoms with van der Waals surface area (Å²) in [6.07, 6.45) is -3.18. The first-order valence-electron chi connectivity index (χ1n) is 6.50. The average Bonchev–Trinajstić information content (AvgIpc) is 2.97. The third-order valence-corrected chi connectivity index (χ3v) is 2.80. The summed E-state index contributed by atoms with van der Waals surface area (Å²) in [5, 5.41) is 13.8. The van der Waals surface area contributed by atoms with Gasteiger partial charge in [0.05, 0.1) is 17.8 Å². The number of nitrogens with one attached hydrogen (secondary N) is 1. The number of pyridine rings is 1. The van der Waals surface area contributed by atoms with Gasteiger partial charge in [-0.1, -0.05) is 0 Å². The molecule has 0 aliphatic carbocycles. The van der Waals surface area contributed by atoms with Gasteiger partial charge in [0.2, 0.25) is 0 Å². The average molecular weight is 358 g/mol. The van der Waals surface area contributed by atoms with E-state index in [2.05, 4.69) is 5.10 Å². The minimum absolute atomic E-state index is 0.0248. The highest BCUT2D eigenvalue weighted by Gasteiger charge is 2.31. The van der Waals surface area contributed by atoms with Gasteiger partial charge in [-0.05, 0) is 12.1 Å². The van der Waals surface area contributed by atoms with Crippen molar-refractivity contribution >= 4 is 18.0 Å². The topological polar surface area (TPSA) is 120 Å². The maximum absolute atomic E-state index is 12.6. The van der Waals surface area contributed by atoms with Crippen LogP contribution >= 0.6 is 0 Å². The van der Waals surface area contributed by atoms with Gasteiger partial charge in [0.25, 0.3) is 11.5 Å². The summed E-state index contributed by atoms with van der Waals surface area (Å²) < 4.78 is 43.1. The Morgan fingerprint density at radius 2 is 2.08 bits per heavy atom. The Hall–Kier alpha value is -3.44. The summed E-state index contributed by atoms with van der Waals surface area (Å²) in [5.41, 5.74) is 0.0883. The number of hydrogen-bond donors (Lipinski definition) is 1. The van der Waals surface area contributed by atoms with E-state index in [-0.39, 0.29) is 5.76 Å². The fourth-order valence-corrected chi connectivity index (χ4v) is 1.69. The lowest BCUT2D eigenvalue weighted by Crippen LogP contribution is -2.30. The monoisotopic (exact) mass is 358 g/mol. The van der Waals surface area contributed by atoms with E-state index in [1.54, 1.807) is 0 Å². The Kier molecular flexibility index (Phi) is 5.00.